The van der Waals surface area contributed by atoms with Crippen molar-refractivity contribution in [1.82, 2.24) is 0 Å². The summed E-state index contributed by atoms with van der Waals surface area (Å²) in [5, 5.41) is 0. The Balaban J connectivity index is 2.68. The van der Waals surface area contributed by atoms with Crippen LogP contribution in [0, 0.1) is 5.41 Å². The molecule has 0 saturated carbocycles. The van der Waals surface area contributed by atoms with Crippen LogP contribution in [-0.4, -0.2) is 26.8 Å². The molecule has 112 valence electrons. The van der Waals surface area contributed by atoms with Crippen LogP contribution < -0.4 is 9.47 Å². The van der Waals surface area contributed by atoms with Gasteiger partial charge in [-0.15, -0.1) is 0 Å². The number of esters is 1. The minimum absolute atomic E-state index is 0.245. The second-order valence-corrected chi connectivity index (χ2v) is 5.84. The Bertz CT molecular complexity index is 424. The minimum Gasteiger partial charge on any atom is -0.496 e. The monoisotopic (exact) mass is 280 g/mol. The van der Waals surface area contributed by atoms with Gasteiger partial charge in [-0.3, -0.25) is 0 Å². The molecule has 1 aromatic carbocycles. The van der Waals surface area contributed by atoms with Crippen molar-refractivity contribution in [1.29, 1.82) is 0 Å². The van der Waals surface area contributed by atoms with Crippen molar-refractivity contribution in [2.75, 3.05) is 20.8 Å². The summed E-state index contributed by atoms with van der Waals surface area (Å²) in [6.45, 7) is 6.89. The molecule has 0 N–H and O–H groups in total. The molecule has 20 heavy (non-hydrogen) atoms. The van der Waals surface area contributed by atoms with Gasteiger partial charge in [0.25, 0.3) is 0 Å². The molecule has 0 spiro atoms. The highest BCUT2D eigenvalue weighted by atomic mass is 16.5. The van der Waals surface area contributed by atoms with E-state index >= 15 is 0 Å². The predicted molar refractivity (Wildman–Crippen MR) is 78.5 cm³/mol. The first-order chi connectivity index (χ1) is 9.39. The summed E-state index contributed by atoms with van der Waals surface area (Å²) in [7, 11) is 3.04. The average molecular weight is 280 g/mol. The Kier molecular flexibility index (Phi) is 5.86. The van der Waals surface area contributed by atoms with Gasteiger partial charge in [0.05, 0.1) is 20.8 Å². The molecule has 0 aromatic heterocycles. The Morgan fingerprint density at radius 2 is 1.65 bits per heavy atom. The summed E-state index contributed by atoms with van der Waals surface area (Å²) in [5.74, 6) is 0.517. The van der Waals surface area contributed by atoms with Gasteiger partial charge >= 0.3 is 5.97 Å². The van der Waals surface area contributed by atoms with Crippen molar-refractivity contribution in [3.63, 3.8) is 0 Å². The first-order valence-corrected chi connectivity index (χ1v) is 6.77. The van der Waals surface area contributed by atoms with E-state index in [4.69, 9.17) is 14.2 Å². The fourth-order valence-corrected chi connectivity index (χ4v) is 1.89. The minimum atomic E-state index is -0.409. The van der Waals surface area contributed by atoms with Crippen molar-refractivity contribution in [3.8, 4) is 11.5 Å². The van der Waals surface area contributed by atoms with E-state index in [9.17, 15) is 4.79 Å². The molecule has 0 saturated heterocycles. The van der Waals surface area contributed by atoms with Gasteiger partial charge in [0.15, 0.2) is 0 Å². The second kappa shape index (κ2) is 7.17. The third-order valence-corrected chi connectivity index (χ3v) is 2.94. The summed E-state index contributed by atoms with van der Waals surface area (Å²) >= 11 is 0. The smallest absolute Gasteiger partial charge is 0.345 e. The molecule has 0 aliphatic carbocycles. The first-order valence-electron chi connectivity index (χ1n) is 6.77. The van der Waals surface area contributed by atoms with Gasteiger partial charge < -0.3 is 14.2 Å². The van der Waals surface area contributed by atoms with Gasteiger partial charge in [0.1, 0.15) is 17.1 Å². The number of rotatable bonds is 6. The topological polar surface area (TPSA) is 44.8 Å². The highest BCUT2D eigenvalue weighted by Crippen LogP contribution is 2.29. The van der Waals surface area contributed by atoms with Gasteiger partial charge in [-0.05, 0) is 30.4 Å². The van der Waals surface area contributed by atoms with Crippen LogP contribution in [-0.2, 0) is 4.74 Å². The van der Waals surface area contributed by atoms with Crippen LogP contribution in [0.3, 0.4) is 0 Å². The van der Waals surface area contributed by atoms with Crippen LogP contribution in [0.1, 0.15) is 44.0 Å². The van der Waals surface area contributed by atoms with Crippen molar-refractivity contribution in [2.45, 2.75) is 33.6 Å². The zero-order valence-corrected chi connectivity index (χ0v) is 13.0. The molecule has 0 bridgehead atoms. The summed E-state index contributed by atoms with van der Waals surface area (Å²) in [6.07, 6.45) is 1.84. The van der Waals surface area contributed by atoms with Gasteiger partial charge in [-0.25, -0.2) is 4.79 Å². The van der Waals surface area contributed by atoms with E-state index < -0.39 is 5.97 Å². The van der Waals surface area contributed by atoms with Gasteiger partial charge in [-0.1, -0.05) is 26.8 Å². The van der Waals surface area contributed by atoms with Gasteiger partial charge in [-0.2, -0.15) is 0 Å². The molecular weight excluding hydrogens is 256 g/mol. The predicted octanol–water partition coefficient (Wildman–Crippen LogP) is 3.69. The molecule has 0 unspecified atom stereocenters. The summed E-state index contributed by atoms with van der Waals surface area (Å²) in [5.41, 5.74) is 0.586. The quantitative estimate of drug-likeness (QED) is 0.589. The largest absolute Gasteiger partial charge is 0.496 e. The van der Waals surface area contributed by atoms with Crippen LogP contribution in [0.4, 0.5) is 0 Å². The van der Waals surface area contributed by atoms with E-state index in [1.807, 2.05) is 0 Å². The molecular formula is C16H24O4. The standard InChI is InChI=1S/C16H24O4/c1-16(2,3)10-7-11-20-15(17)14-12(18-4)8-6-9-13(14)19-5/h6,8-9H,7,10-11H2,1-5H3. The summed E-state index contributed by atoms with van der Waals surface area (Å²) < 4.78 is 15.7. The highest BCUT2D eigenvalue weighted by molar-refractivity contribution is 5.95. The molecule has 0 aliphatic rings. The molecule has 0 fully saturated rings. The van der Waals surface area contributed by atoms with Crippen molar-refractivity contribution >= 4 is 5.97 Å². The first kappa shape index (κ1) is 16.3. The lowest BCUT2D eigenvalue weighted by Gasteiger charge is -2.18. The highest BCUT2D eigenvalue weighted by Gasteiger charge is 2.19. The lowest BCUT2D eigenvalue weighted by molar-refractivity contribution is 0.0480. The zero-order valence-electron chi connectivity index (χ0n) is 13.0. The van der Waals surface area contributed by atoms with E-state index in [1.54, 1.807) is 18.2 Å². The van der Waals surface area contributed by atoms with E-state index in [2.05, 4.69) is 20.8 Å². The fourth-order valence-electron chi connectivity index (χ4n) is 1.89. The molecule has 1 aromatic rings. The Morgan fingerprint density at radius 1 is 1.10 bits per heavy atom. The van der Waals surface area contributed by atoms with E-state index in [0.29, 0.717) is 23.7 Å². The molecule has 0 atom stereocenters. The number of methoxy groups -OCH3 is 2. The molecule has 1 rings (SSSR count). The summed E-state index contributed by atoms with van der Waals surface area (Å²) in [6, 6.07) is 5.20. The summed E-state index contributed by atoms with van der Waals surface area (Å²) in [4.78, 5) is 12.1. The zero-order chi connectivity index (χ0) is 15.2. The number of benzene rings is 1. The molecule has 0 heterocycles. The maximum Gasteiger partial charge on any atom is 0.345 e. The third kappa shape index (κ3) is 4.76. The van der Waals surface area contributed by atoms with Crippen molar-refractivity contribution in [2.24, 2.45) is 5.41 Å². The Morgan fingerprint density at radius 3 is 2.10 bits per heavy atom. The number of hydrogen-bond acceptors (Lipinski definition) is 4. The molecule has 4 nitrogen and oxygen atoms in total. The van der Waals surface area contributed by atoms with Crippen LogP contribution in [0.15, 0.2) is 18.2 Å². The molecule has 0 aliphatic heterocycles. The Labute approximate surface area is 121 Å². The molecule has 4 heteroatoms. The lowest BCUT2D eigenvalue weighted by atomic mass is 9.91. The third-order valence-electron chi connectivity index (χ3n) is 2.94. The number of hydrogen-bond donors (Lipinski definition) is 0. The van der Waals surface area contributed by atoms with E-state index in [0.717, 1.165) is 12.8 Å². The van der Waals surface area contributed by atoms with Crippen LogP contribution >= 0.6 is 0 Å². The maximum atomic E-state index is 12.1. The normalized spacial score (nSPS) is 11.1. The van der Waals surface area contributed by atoms with E-state index in [-0.39, 0.29) is 5.41 Å². The van der Waals surface area contributed by atoms with Crippen molar-refractivity contribution < 1.29 is 19.0 Å². The van der Waals surface area contributed by atoms with Gasteiger partial charge in [0.2, 0.25) is 0 Å². The van der Waals surface area contributed by atoms with Gasteiger partial charge in [0, 0.05) is 0 Å². The number of carbonyl (C=O) groups is 1. The SMILES string of the molecule is COc1cccc(OC)c1C(=O)OCCCC(C)(C)C. The fraction of sp³-hybridized carbons (Fsp3) is 0.562. The number of ether oxygens (including phenoxy) is 3. The number of carbonyl (C=O) groups excluding carboxylic acids is 1. The second-order valence-electron chi connectivity index (χ2n) is 5.84. The van der Waals surface area contributed by atoms with Crippen LogP contribution in [0.2, 0.25) is 0 Å². The Hall–Kier alpha value is -1.71. The van der Waals surface area contributed by atoms with Crippen LogP contribution in [0.25, 0.3) is 0 Å². The van der Waals surface area contributed by atoms with E-state index in [1.165, 1.54) is 14.2 Å². The average Bonchev–Trinajstić information content (AvgIpc) is 2.41. The molecule has 0 amide bonds. The molecule has 0 radical (unpaired) electrons. The van der Waals surface area contributed by atoms with Crippen LogP contribution in [0.5, 0.6) is 11.5 Å². The van der Waals surface area contributed by atoms with Crippen molar-refractivity contribution in [3.05, 3.63) is 23.8 Å². The maximum absolute atomic E-state index is 12.1. The lowest BCUT2D eigenvalue weighted by Crippen LogP contribution is -2.12.